The van der Waals surface area contributed by atoms with E-state index in [1.165, 1.54) is 44.1 Å². The summed E-state index contributed by atoms with van der Waals surface area (Å²) in [6, 6.07) is 13.8. The molecular weight excluding hydrogens is 334 g/mol. The van der Waals surface area contributed by atoms with Gasteiger partial charge in [-0.05, 0) is 67.2 Å². The van der Waals surface area contributed by atoms with E-state index in [9.17, 15) is 9.90 Å². The van der Waals surface area contributed by atoms with Crippen LogP contribution in [0, 0.1) is 12.8 Å². The van der Waals surface area contributed by atoms with Crippen LogP contribution in [0.15, 0.2) is 42.5 Å². The van der Waals surface area contributed by atoms with Crippen molar-refractivity contribution < 1.29 is 9.90 Å². The smallest absolute Gasteiger partial charge is 0.336 e. The Bertz CT molecular complexity index is 778. The number of rotatable bonds is 7. The van der Waals surface area contributed by atoms with Gasteiger partial charge in [-0.3, -0.25) is 0 Å². The van der Waals surface area contributed by atoms with Crippen molar-refractivity contribution in [2.75, 3.05) is 13.6 Å². The van der Waals surface area contributed by atoms with Crippen molar-refractivity contribution in [1.29, 1.82) is 0 Å². The molecule has 1 fully saturated rings. The molecule has 1 aliphatic carbocycles. The SMILES string of the molecule is Cc1ccccc1-c1cc(CN(C)CCC2CCCCC2)ccc1C(=O)O. The molecule has 144 valence electrons. The molecule has 2 aromatic rings. The number of hydrogen-bond donors (Lipinski definition) is 1. The Hall–Kier alpha value is -2.13. The van der Waals surface area contributed by atoms with Crippen LogP contribution in [0.25, 0.3) is 11.1 Å². The van der Waals surface area contributed by atoms with Crippen LogP contribution in [0.2, 0.25) is 0 Å². The minimum atomic E-state index is -0.870. The fraction of sp³-hybridized carbons (Fsp3) is 0.458. The highest BCUT2D eigenvalue weighted by atomic mass is 16.4. The molecule has 3 heteroatoms. The van der Waals surface area contributed by atoms with Crippen LogP contribution in [0.3, 0.4) is 0 Å². The fourth-order valence-corrected chi connectivity index (χ4v) is 4.24. The third-order valence-electron chi connectivity index (χ3n) is 5.85. The lowest BCUT2D eigenvalue weighted by Gasteiger charge is -2.25. The average molecular weight is 366 g/mol. The average Bonchev–Trinajstić information content (AvgIpc) is 2.67. The Morgan fingerprint density at radius 2 is 1.81 bits per heavy atom. The molecule has 0 radical (unpaired) electrons. The van der Waals surface area contributed by atoms with Gasteiger partial charge in [0.05, 0.1) is 5.56 Å². The summed E-state index contributed by atoms with van der Waals surface area (Å²) in [5.41, 5.74) is 4.46. The van der Waals surface area contributed by atoms with Gasteiger partial charge in [-0.2, -0.15) is 0 Å². The van der Waals surface area contributed by atoms with E-state index in [0.717, 1.165) is 35.7 Å². The fourth-order valence-electron chi connectivity index (χ4n) is 4.24. The van der Waals surface area contributed by atoms with E-state index in [0.29, 0.717) is 5.56 Å². The highest BCUT2D eigenvalue weighted by molar-refractivity contribution is 5.96. The molecule has 3 nitrogen and oxygen atoms in total. The minimum absolute atomic E-state index is 0.373. The third-order valence-corrected chi connectivity index (χ3v) is 5.85. The minimum Gasteiger partial charge on any atom is -0.478 e. The first-order valence-corrected chi connectivity index (χ1v) is 10.2. The largest absolute Gasteiger partial charge is 0.478 e. The van der Waals surface area contributed by atoms with Crippen molar-refractivity contribution in [3.05, 3.63) is 59.2 Å². The summed E-state index contributed by atoms with van der Waals surface area (Å²) in [6.45, 7) is 3.99. The summed E-state index contributed by atoms with van der Waals surface area (Å²) in [6.07, 6.45) is 8.24. The summed E-state index contributed by atoms with van der Waals surface area (Å²) in [7, 11) is 2.17. The molecule has 1 N–H and O–H groups in total. The molecule has 1 saturated carbocycles. The Kier molecular flexibility index (Phi) is 6.68. The predicted molar refractivity (Wildman–Crippen MR) is 111 cm³/mol. The predicted octanol–water partition coefficient (Wildman–Crippen LogP) is 5.76. The molecule has 0 bridgehead atoms. The number of carboxylic acids is 1. The van der Waals surface area contributed by atoms with E-state index in [2.05, 4.69) is 18.0 Å². The van der Waals surface area contributed by atoms with Gasteiger partial charge >= 0.3 is 5.97 Å². The van der Waals surface area contributed by atoms with E-state index in [-0.39, 0.29) is 0 Å². The lowest BCUT2D eigenvalue weighted by molar-refractivity contribution is 0.0697. The van der Waals surface area contributed by atoms with E-state index in [4.69, 9.17) is 0 Å². The Morgan fingerprint density at radius 3 is 2.52 bits per heavy atom. The summed E-state index contributed by atoms with van der Waals surface area (Å²) in [4.78, 5) is 14.1. The molecule has 0 amide bonds. The van der Waals surface area contributed by atoms with E-state index in [1.54, 1.807) is 6.07 Å². The molecule has 0 spiro atoms. The van der Waals surface area contributed by atoms with Gasteiger partial charge in [-0.15, -0.1) is 0 Å². The van der Waals surface area contributed by atoms with Crippen LogP contribution < -0.4 is 0 Å². The second kappa shape index (κ2) is 9.18. The van der Waals surface area contributed by atoms with Crippen LogP contribution in [-0.4, -0.2) is 29.6 Å². The molecule has 0 heterocycles. The second-order valence-corrected chi connectivity index (χ2v) is 8.03. The van der Waals surface area contributed by atoms with Gasteiger partial charge in [0.1, 0.15) is 0 Å². The maximum atomic E-state index is 11.7. The Morgan fingerprint density at radius 1 is 1.07 bits per heavy atom. The van der Waals surface area contributed by atoms with Crippen LogP contribution in [-0.2, 0) is 6.54 Å². The van der Waals surface area contributed by atoms with Crippen molar-refractivity contribution in [3.63, 3.8) is 0 Å². The van der Waals surface area contributed by atoms with E-state index >= 15 is 0 Å². The summed E-state index contributed by atoms with van der Waals surface area (Å²) >= 11 is 0. The van der Waals surface area contributed by atoms with Gasteiger partial charge in [-0.25, -0.2) is 4.79 Å². The lowest BCUT2D eigenvalue weighted by atomic mass is 9.87. The zero-order valence-corrected chi connectivity index (χ0v) is 16.6. The van der Waals surface area contributed by atoms with E-state index in [1.807, 2.05) is 37.3 Å². The van der Waals surface area contributed by atoms with Gasteiger partial charge in [0.25, 0.3) is 0 Å². The monoisotopic (exact) mass is 365 g/mol. The molecular formula is C24H31NO2. The van der Waals surface area contributed by atoms with Crippen molar-refractivity contribution in [2.45, 2.75) is 52.0 Å². The normalized spacial score (nSPS) is 15.2. The van der Waals surface area contributed by atoms with Crippen molar-refractivity contribution in [3.8, 4) is 11.1 Å². The van der Waals surface area contributed by atoms with Gasteiger partial charge in [-0.1, -0.05) is 62.4 Å². The van der Waals surface area contributed by atoms with Gasteiger partial charge in [0, 0.05) is 6.54 Å². The van der Waals surface area contributed by atoms with Gasteiger partial charge < -0.3 is 10.0 Å². The number of aryl methyl sites for hydroxylation is 1. The van der Waals surface area contributed by atoms with Gasteiger partial charge in [0.2, 0.25) is 0 Å². The van der Waals surface area contributed by atoms with E-state index < -0.39 is 5.97 Å². The van der Waals surface area contributed by atoms with Crippen LogP contribution in [0.4, 0.5) is 0 Å². The number of carboxylic acid groups (broad SMARTS) is 1. The highest BCUT2D eigenvalue weighted by Crippen LogP contribution is 2.29. The first-order valence-electron chi connectivity index (χ1n) is 10.2. The highest BCUT2D eigenvalue weighted by Gasteiger charge is 2.16. The quantitative estimate of drug-likeness (QED) is 0.678. The molecule has 2 aromatic carbocycles. The molecule has 27 heavy (non-hydrogen) atoms. The van der Waals surface area contributed by atoms with Gasteiger partial charge in [0.15, 0.2) is 0 Å². The zero-order valence-electron chi connectivity index (χ0n) is 16.6. The molecule has 1 aliphatic rings. The Balaban J connectivity index is 1.73. The summed E-state index contributed by atoms with van der Waals surface area (Å²) < 4.78 is 0. The summed E-state index contributed by atoms with van der Waals surface area (Å²) in [5, 5.41) is 9.61. The molecule has 0 unspecified atom stereocenters. The second-order valence-electron chi connectivity index (χ2n) is 8.03. The molecule has 0 saturated heterocycles. The first kappa shape index (κ1) is 19.6. The number of aromatic carboxylic acids is 1. The van der Waals surface area contributed by atoms with Crippen LogP contribution in [0.5, 0.6) is 0 Å². The van der Waals surface area contributed by atoms with Crippen molar-refractivity contribution in [2.24, 2.45) is 5.92 Å². The number of benzene rings is 2. The molecule has 0 aliphatic heterocycles. The topological polar surface area (TPSA) is 40.5 Å². The zero-order chi connectivity index (χ0) is 19.2. The Labute approximate surface area is 163 Å². The number of hydrogen-bond acceptors (Lipinski definition) is 2. The summed E-state index contributed by atoms with van der Waals surface area (Å²) in [5.74, 6) is 0.0172. The molecule has 0 atom stereocenters. The number of carbonyl (C=O) groups is 1. The lowest BCUT2D eigenvalue weighted by Crippen LogP contribution is -2.22. The molecule has 0 aromatic heterocycles. The van der Waals surface area contributed by atoms with Crippen molar-refractivity contribution in [1.82, 2.24) is 4.90 Å². The standard InChI is InChI=1S/C24H31NO2/c1-18-8-6-7-11-21(18)23-16-20(12-13-22(23)24(26)27)17-25(2)15-14-19-9-4-3-5-10-19/h6-8,11-13,16,19H,3-5,9-10,14-15,17H2,1-2H3,(H,26,27). The van der Waals surface area contributed by atoms with Crippen LogP contribution >= 0.6 is 0 Å². The maximum Gasteiger partial charge on any atom is 0.336 e. The molecule has 3 rings (SSSR count). The van der Waals surface area contributed by atoms with Crippen molar-refractivity contribution >= 4 is 5.97 Å². The van der Waals surface area contributed by atoms with Crippen LogP contribution in [0.1, 0.15) is 60.0 Å². The third kappa shape index (κ3) is 5.20. The first-order chi connectivity index (χ1) is 13.0. The maximum absolute atomic E-state index is 11.7. The number of nitrogens with zero attached hydrogens (tertiary/aromatic N) is 1.